The summed E-state index contributed by atoms with van der Waals surface area (Å²) in [7, 11) is 0. The van der Waals surface area contributed by atoms with Gasteiger partial charge in [-0.05, 0) is 30.2 Å². The molecule has 5 rings (SSSR count). The molecule has 0 radical (unpaired) electrons. The Balaban J connectivity index is 1.50. The number of fused-ring (bicyclic) bond motifs is 2. The van der Waals surface area contributed by atoms with E-state index in [9.17, 15) is 10.5 Å². The first-order valence-corrected chi connectivity index (χ1v) is 9.80. The van der Waals surface area contributed by atoms with Gasteiger partial charge in [0.25, 0.3) is 5.91 Å². The molecule has 2 N–H and O–H groups in total. The Morgan fingerprint density at radius 2 is 1.97 bits per heavy atom. The molecule has 150 valence electrons. The number of rotatable bonds is 4. The monoisotopic (exact) mass is 400 g/mol. The molecule has 0 aromatic heterocycles. The Labute approximate surface area is 174 Å². The van der Waals surface area contributed by atoms with Gasteiger partial charge in [0.2, 0.25) is 0 Å². The summed E-state index contributed by atoms with van der Waals surface area (Å²) >= 11 is 0. The number of benzene rings is 2. The highest BCUT2D eigenvalue weighted by atomic mass is 16.8. The van der Waals surface area contributed by atoms with Crippen molar-refractivity contribution in [3.8, 4) is 17.9 Å². The van der Waals surface area contributed by atoms with Crippen LogP contribution in [-0.2, 0) is 16.1 Å². The maximum atomic E-state index is 10.2. The minimum atomic E-state index is -1.55. The van der Waals surface area contributed by atoms with Gasteiger partial charge in [0.05, 0.1) is 24.8 Å². The standard InChI is InChI=1S/C23H20N4O3/c1-15-11-29-23(30-15)22(14-25)19(21(22,13-24)20(26)27-23)17-8-5-9-18(10-17)28-12-16-6-3-2-4-7-16/h2-10,15,19H,11-12H2,1H3,(H2,26,27)/t15-,19-,21-,22-,23-/m1/s1. The Morgan fingerprint density at radius 1 is 1.17 bits per heavy atom. The Kier molecular flexibility index (Phi) is 3.91. The van der Waals surface area contributed by atoms with E-state index < -0.39 is 22.7 Å². The van der Waals surface area contributed by atoms with E-state index in [2.05, 4.69) is 17.1 Å². The quantitative estimate of drug-likeness (QED) is 0.844. The molecular weight excluding hydrogens is 380 g/mol. The third kappa shape index (κ3) is 2.16. The van der Waals surface area contributed by atoms with E-state index >= 15 is 0 Å². The number of hydrogen-bond acceptors (Lipinski definition) is 7. The Bertz CT molecular complexity index is 1120. The van der Waals surface area contributed by atoms with Crippen molar-refractivity contribution >= 4 is 5.84 Å². The molecule has 7 nitrogen and oxygen atoms in total. The molecule has 1 saturated carbocycles. The lowest BCUT2D eigenvalue weighted by Crippen LogP contribution is -2.39. The average molecular weight is 400 g/mol. The number of ether oxygens (including phenoxy) is 3. The molecule has 0 bridgehead atoms. The van der Waals surface area contributed by atoms with Gasteiger partial charge in [0.15, 0.2) is 5.41 Å². The summed E-state index contributed by atoms with van der Waals surface area (Å²) < 4.78 is 17.7. The third-order valence-electron chi connectivity index (χ3n) is 6.24. The summed E-state index contributed by atoms with van der Waals surface area (Å²) in [5.41, 5.74) is 5.41. The lowest BCUT2D eigenvalue weighted by Gasteiger charge is -2.26. The molecule has 1 spiro atoms. The highest BCUT2D eigenvalue weighted by molar-refractivity contribution is 6.00. The zero-order valence-corrected chi connectivity index (χ0v) is 16.4. The van der Waals surface area contributed by atoms with E-state index in [-0.39, 0.29) is 18.5 Å². The van der Waals surface area contributed by atoms with Crippen LogP contribution in [0.4, 0.5) is 0 Å². The molecule has 30 heavy (non-hydrogen) atoms. The molecule has 2 heterocycles. The SMILES string of the molecule is C[C@@H]1CO[C@@]2(N=C(N)[C@@]3(C#N)[C@@H](c4cccc(OCc5ccccc5)c4)[C@@]23C#N)O1. The van der Waals surface area contributed by atoms with E-state index in [0.717, 1.165) is 11.1 Å². The van der Waals surface area contributed by atoms with E-state index in [1.807, 2.05) is 61.5 Å². The van der Waals surface area contributed by atoms with Gasteiger partial charge in [-0.2, -0.15) is 10.5 Å². The molecule has 2 aromatic carbocycles. The van der Waals surface area contributed by atoms with Crippen molar-refractivity contribution in [2.24, 2.45) is 21.6 Å². The molecular formula is C23H20N4O3. The highest BCUT2D eigenvalue weighted by Crippen LogP contribution is 2.82. The summed E-state index contributed by atoms with van der Waals surface area (Å²) in [4.78, 5) is 4.33. The van der Waals surface area contributed by atoms with Gasteiger partial charge in [-0.25, -0.2) is 4.99 Å². The average Bonchev–Trinajstić information content (AvgIpc) is 3.17. The van der Waals surface area contributed by atoms with Gasteiger partial charge in [0.1, 0.15) is 23.6 Å². The van der Waals surface area contributed by atoms with Gasteiger partial charge in [0, 0.05) is 5.92 Å². The summed E-state index contributed by atoms with van der Waals surface area (Å²) in [5, 5.41) is 20.3. The predicted molar refractivity (Wildman–Crippen MR) is 107 cm³/mol. The van der Waals surface area contributed by atoms with Crippen LogP contribution >= 0.6 is 0 Å². The number of hydrogen-bond donors (Lipinski definition) is 1. The second-order valence-corrected chi connectivity index (χ2v) is 7.94. The van der Waals surface area contributed by atoms with Gasteiger partial charge in [-0.1, -0.05) is 42.5 Å². The topological polar surface area (TPSA) is 114 Å². The van der Waals surface area contributed by atoms with Crippen molar-refractivity contribution in [1.82, 2.24) is 0 Å². The zero-order chi connectivity index (χ0) is 21.0. The smallest absolute Gasteiger partial charge is 0.293 e. The number of nitriles is 2. The van der Waals surface area contributed by atoms with Crippen LogP contribution in [0.25, 0.3) is 0 Å². The molecule has 7 heteroatoms. The van der Waals surface area contributed by atoms with E-state index in [4.69, 9.17) is 19.9 Å². The third-order valence-corrected chi connectivity index (χ3v) is 6.24. The first kappa shape index (κ1) is 18.6. The van der Waals surface area contributed by atoms with Crippen LogP contribution in [-0.4, -0.2) is 24.5 Å². The number of nitrogens with two attached hydrogens (primary N) is 1. The fourth-order valence-corrected chi connectivity index (χ4v) is 4.89. The van der Waals surface area contributed by atoms with Crippen molar-refractivity contribution in [2.75, 3.05) is 6.61 Å². The fourth-order valence-electron chi connectivity index (χ4n) is 4.89. The van der Waals surface area contributed by atoms with Crippen LogP contribution in [0.15, 0.2) is 59.6 Å². The molecule has 0 amide bonds. The number of nitrogens with zero attached hydrogens (tertiary/aromatic N) is 3. The molecule has 2 aromatic rings. The molecule has 1 saturated heterocycles. The molecule has 2 fully saturated rings. The van der Waals surface area contributed by atoms with Crippen molar-refractivity contribution < 1.29 is 14.2 Å². The van der Waals surface area contributed by atoms with E-state index in [1.54, 1.807) is 0 Å². The largest absolute Gasteiger partial charge is 0.489 e. The fraction of sp³-hybridized carbons (Fsp3) is 0.348. The summed E-state index contributed by atoms with van der Waals surface area (Å²) in [5.74, 6) is -1.34. The van der Waals surface area contributed by atoms with Gasteiger partial charge < -0.3 is 19.9 Å². The van der Waals surface area contributed by atoms with Crippen molar-refractivity contribution in [2.45, 2.75) is 31.5 Å². The Hall–Kier alpha value is -3.39. The van der Waals surface area contributed by atoms with Gasteiger partial charge in [-0.3, -0.25) is 0 Å². The lowest BCUT2D eigenvalue weighted by atomic mass is 9.94. The van der Waals surface area contributed by atoms with Crippen molar-refractivity contribution in [3.05, 3.63) is 65.7 Å². The van der Waals surface area contributed by atoms with Crippen LogP contribution < -0.4 is 10.5 Å². The number of amidine groups is 1. The van der Waals surface area contributed by atoms with Crippen molar-refractivity contribution in [1.29, 1.82) is 10.5 Å². The minimum Gasteiger partial charge on any atom is -0.489 e. The zero-order valence-electron chi connectivity index (χ0n) is 16.4. The van der Waals surface area contributed by atoms with Crippen LogP contribution in [0, 0.1) is 33.5 Å². The summed E-state index contributed by atoms with van der Waals surface area (Å²) in [6, 6.07) is 21.8. The second-order valence-electron chi connectivity index (χ2n) is 7.94. The summed E-state index contributed by atoms with van der Waals surface area (Å²) in [6.07, 6.45) is -0.247. The van der Waals surface area contributed by atoms with E-state index in [0.29, 0.717) is 12.4 Å². The van der Waals surface area contributed by atoms with Crippen LogP contribution in [0.3, 0.4) is 0 Å². The molecule has 5 atom stereocenters. The van der Waals surface area contributed by atoms with Crippen LogP contribution in [0.5, 0.6) is 5.75 Å². The van der Waals surface area contributed by atoms with Crippen LogP contribution in [0.1, 0.15) is 24.0 Å². The van der Waals surface area contributed by atoms with Crippen LogP contribution in [0.2, 0.25) is 0 Å². The molecule has 1 aliphatic carbocycles. The minimum absolute atomic E-state index is 0.0845. The first-order valence-electron chi connectivity index (χ1n) is 9.80. The van der Waals surface area contributed by atoms with E-state index in [1.165, 1.54) is 0 Å². The maximum absolute atomic E-state index is 10.2. The maximum Gasteiger partial charge on any atom is 0.293 e. The first-order chi connectivity index (χ1) is 14.5. The lowest BCUT2D eigenvalue weighted by molar-refractivity contribution is -0.193. The molecule has 0 unspecified atom stereocenters. The summed E-state index contributed by atoms with van der Waals surface area (Å²) in [6.45, 7) is 2.54. The van der Waals surface area contributed by atoms with Gasteiger partial charge in [-0.15, -0.1) is 0 Å². The second kappa shape index (κ2) is 6.30. The normalized spacial score (nSPS) is 35.9. The highest BCUT2D eigenvalue weighted by Gasteiger charge is 2.94. The number of aliphatic imine (C=N–C) groups is 1. The molecule has 3 aliphatic rings. The molecule has 2 aliphatic heterocycles. The van der Waals surface area contributed by atoms with Gasteiger partial charge >= 0.3 is 0 Å². The Morgan fingerprint density at radius 3 is 2.63 bits per heavy atom. The van der Waals surface area contributed by atoms with Crippen molar-refractivity contribution in [3.63, 3.8) is 0 Å². The predicted octanol–water partition coefficient (Wildman–Crippen LogP) is 2.84.